The summed E-state index contributed by atoms with van der Waals surface area (Å²) >= 11 is 0. The van der Waals surface area contributed by atoms with Gasteiger partial charge in [-0.3, -0.25) is 4.79 Å². The number of amides is 1. The summed E-state index contributed by atoms with van der Waals surface area (Å²) in [7, 11) is 0. The first-order valence-electron chi connectivity index (χ1n) is 7.61. The predicted octanol–water partition coefficient (Wildman–Crippen LogP) is 3.31. The average molecular weight is 275 g/mol. The summed E-state index contributed by atoms with van der Waals surface area (Å²) in [6, 6.07) is 9.75. The van der Waals surface area contributed by atoms with Crippen LogP contribution in [0.15, 0.2) is 30.3 Å². The van der Waals surface area contributed by atoms with E-state index in [2.05, 4.69) is 6.92 Å². The third-order valence-electron chi connectivity index (χ3n) is 4.95. The third kappa shape index (κ3) is 2.23. The molecule has 3 rings (SSSR count). The van der Waals surface area contributed by atoms with Crippen molar-refractivity contribution in [1.29, 1.82) is 0 Å². The lowest BCUT2D eigenvalue weighted by atomic mass is 9.62. The Kier molecular flexibility index (Phi) is 3.53. The summed E-state index contributed by atoms with van der Waals surface area (Å²) in [5.74, 6) is 0.839. The number of piperidine rings is 1. The zero-order chi connectivity index (χ0) is 14.2. The number of hydrogen-bond donors (Lipinski definition) is 0. The van der Waals surface area contributed by atoms with Gasteiger partial charge in [0.1, 0.15) is 6.17 Å². The molecule has 0 spiro atoms. The molecule has 2 aliphatic rings. The molecule has 20 heavy (non-hydrogen) atoms. The first-order chi connectivity index (χ1) is 9.62. The van der Waals surface area contributed by atoms with Crippen molar-refractivity contribution in [3.63, 3.8) is 0 Å². The maximum atomic E-state index is 13.5. The van der Waals surface area contributed by atoms with Crippen LogP contribution in [0.2, 0.25) is 0 Å². The molecule has 1 heterocycles. The number of benzene rings is 1. The number of nitrogens with zero attached hydrogens (tertiary/aromatic N) is 1. The van der Waals surface area contributed by atoms with E-state index in [0.717, 1.165) is 31.5 Å². The molecule has 0 atom stereocenters. The van der Waals surface area contributed by atoms with Crippen LogP contribution in [-0.4, -0.2) is 30.1 Å². The van der Waals surface area contributed by atoms with E-state index in [-0.39, 0.29) is 5.91 Å². The quantitative estimate of drug-likeness (QED) is 0.811. The van der Waals surface area contributed by atoms with Gasteiger partial charge in [-0.2, -0.15) is 0 Å². The van der Waals surface area contributed by atoms with Gasteiger partial charge in [0, 0.05) is 13.1 Å². The smallest absolute Gasteiger partial charge is 0.233 e. The van der Waals surface area contributed by atoms with E-state index in [1.54, 1.807) is 0 Å². The largest absolute Gasteiger partial charge is 0.342 e. The van der Waals surface area contributed by atoms with Gasteiger partial charge in [-0.1, -0.05) is 37.3 Å². The minimum Gasteiger partial charge on any atom is -0.342 e. The van der Waals surface area contributed by atoms with Gasteiger partial charge >= 0.3 is 0 Å². The molecule has 1 aromatic rings. The highest BCUT2D eigenvalue weighted by Crippen LogP contribution is 2.47. The summed E-state index contributed by atoms with van der Waals surface area (Å²) in [4.78, 5) is 14.9. The molecule has 2 nitrogen and oxygen atoms in total. The van der Waals surface area contributed by atoms with Crippen molar-refractivity contribution in [2.75, 3.05) is 13.1 Å². The third-order valence-corrected chi connectivity index (χ3v) is 4.95. The van der Waals surface area contributed by atoms with E-state index < -0.39 is 11.6 Å². The Balaban J connectivity index is 1.82. The lowest BCUT2D eigenvalue weighted by Crippen LogP contribution is -2.56. The summed E-state index contributed by atoms with van der Waals surface area (Å²) in [6.07, 6.45) is 2.00. The second kappa shape index (κ2) is 5.19. The topological polar surface area (TPSA) is 20.3 Å². The highest BCUT2D eigenvalue weighted by atomic mass is 19.1. The molecule has 1 amide bonds. The predicted molar refractivity (Wildman–Crippen MR) is 77.2 cm³/mol. The minimum absolute atomic E-state index is 0.143. The molecule has 0 unspecified atom stereocenters. The number of rotatable bonds is 2. The summed E-state index contributed by atoms with van der Waals surface area (Å²) in [5.41, 5.74) is 0.388. The molecule has 0 aromatic heterocycles. The van der Waals surface area contributed by atoms with Crippen LogP contribution in [0.25, 0.3) is 0 Å². The van der Waals surface area contributed by atoms with Crippen molar-refractivity contribution in [3.8, 4) is 0 Å². The van der Waals surface area contributed by atoms with Crippen LogP contribution < -0.4 is 0 Å². The number of carbonyl (C=O) groups is 1. The Hall–Kier alpha value is -1.38. The van der Waals surface area contributed by atoms with Crippen LogP contribution in [0.5, 0.6) is 0 Å². The Bertz CT molecular complexity index is 473. The molecule has 0 radical (unpaired) electrons. The van der Waals surface area contributed by atoms with Gasteiger partial charge in [-0.05, 0) is 37.2 Å². The zero-order valence-corrected chi connectivity index (χ0v) is 12.0. The van der Waals surface area contributed by atoms with Crippen LogP contribution in [0, 0.1) is 5.92 Å². The lowest BCUT2D eigenvalue weighted by molar-refractivity contribution is -0.145. The molecule has 1 aliphatic carbocycles. The lowest BCUT2D eigenvalue weighted by Gasteiger charge is -2.47. The first-order valence-corrected chi connectivity index (χ1v) is 7.61. The van der Waals surface area contributed by atoms with Crippen molar-refractivity contribution in [2.24, 2.45) is 5.92 Å². The van der Waals surface area contributed by atoms with Gasteiger partial charge in [-0.25, -0.2) is 4.39 Å². The van der Waals surface area contributed by atoms with Crippen molar-refractivity contribution in [1.82, 2.24) is 4.90 Å². The molecular formula is C17H22FNO. The summed E-state index contributed by atoms with van der Waals surface area (Å²) in [6.45, 7) is 3.88. The van der Waals surface area contributed by atoms with Gasteiger partial charge in [-0.15, -0.1) is 0 Å². The Morgan fingerprint density at radius 3 is 2.35 bits per heavy atom. The molecule has 108 valence electrons. The van der Waals surface area contributed by atoms with Crippen molar-refractivity contribution < 1.29 is 9.18 Å². The van der Waals surface area contributed by atoms with Crippen LogP contribution in [-0.2, 0) is 10.2 Å². The number of likely N-dealkylation sites (tertiary alicyclic amines) is 1. The molecule has 2 fully saturated rings. The Morgan fingerprint density at radius 2 is 1.80 bits per heavy atom. The van der Waals surface area contributed by atoms with Crippen LogP contribution in [0.3, 0.4) is 0 Å². The molecule has 1 saturated heterocycles. The van der Waals surface area contributed by atoms with Crippen molar-refractivity contribution >= 4 is 5.91 Å². The molecular weight excluding hydrogens is 253 g/mol. The van der Waals surface area contributed by atoms with Gasteiger partial charge in [0.25, 0.3) is 0 Å². The molecule has 0 N–H and O–H groups in total. The van der Waals surface area contributed by atoms with Gasteiger partial charge in [0.15, 0.2) is 0 Å². The SMILES string of the molecule is CC1CCN(C(=O)C2(c3ccccc3)CC(F)C2)CC1. The number of carbonyl (C=O) groups excluding carboxylic acids is 1. The maximum absolute atomic E-state index is 13.5. The highest BCUT2D eigenvalue weighted by Gasteiger charge is 2.53. The standard InChI is InChI=1S/C17H22FNO/c1-13-7-9-19(10-8-13)16(20)17(11-15(18)12-17)14-5-3-2-4-6-14/h2-6,13,15H,7-12H2,1H3. The molecule has 1 saturated carbocycles. The van der Waals surface area contributed by atoms with Gasteiger partial charge in [0.2, 0.25) is 5.91 Å². The van der Waals surface area contributed by atoms with E-state index in [1.807, 2.05) is 35.2 Å². The maximum Gasteiger partial charge on any atom is 0.233 e. The Morgan fingerprint density at radius 1 is 1.20 bits per heavy atom. The van der Waals surface area contributed by atoms with E-state index in [4.69, 9.17) is 0 Å². The molecule has 3 heteroatoms. The van der Waals surface area contributed by atoms with Crippen LogP contribution in [0.4, 0.5) is 4.39 Å². The van der Waals surface area contributed by atoms with Gasteiger partial charge < -0.3 is 4.90 Å². The van der Waals surface area contributed by atoms with Crippen LogP contribution in [0.1, 0.15) is 38.2 Å². The van der Waals surface area contributed by atoms with Crippen LogP contribution >= 0.6 is 0 Å². The molecule has 0 bridgehead atoms. The number of hydrogen-bond acceptors (Lipinski definition) is 1. The molecule has 1 aliphatic heterocycles. The monoisotopic (exact) mass is 275 g/mol. The minimum atomic E-state index is -0.831. The number of alkyl halides is 1. The zero-order valence-electron chi connectivity index (χ0n) is 12.0. The first kappa shape index (κ1) is 13.6. The van der Waals surface area contributed by atoms with E-state index in [0.29, 0.717) is 18.8 Å². The Labute approximate surface area is 120 Å². The fraction of sp³-hybridized carbons (Fsp3) is 0.588. The van der Waals surface area contributed by atoms with E-state index in [9.17, 15) is 9.18 Å². The second-order valence-corrected chi connectivity index (χ2v) is 6.43. The second-order valence-electron chi connectivity index (χ2n) is 6.43. The fourth-order valence-electron chi connectivity index (χ4n) is 3.50. The van der Waals surface area contributed by atoms with Gasteiger partial charge in [0.05, 0.1) is 5.41 Å². The average Bonchev–Trinajstić information content (AvgIpc) is 2.45. The van der Waals surface area contributed by atoms with E-state index in [1.165, 1.54) is 0 Å². The normalized spacial score (nSPS) is 30.9. The van der Waals surface area contributed by atoms with Crippen molar-refractivity contribution in [3.05, 3.63) is 35.9 Å². The summed E-state index contributed by atoms with van der Waals surface area (Å²) < 4.78 is 13.5. The highest BCUT2D eigenvalue weighted by molar-refractivity contribution is 5.89. The van der Waals surface area contributed by atoms with Crippen molar-refractivity contribution in [2.45, 2.75) is 44.2 Å². The fourth-order valence-corrected chi connectivity index (χ4v) is 3.50. The number of halogens is 1. The molecule has 1 aromatic carbocycles. The summed E-state index contributed by atoms with van der Waals surface area (Å²) in [5, 5.41) is 0. The van der Waals surface area contributed by atoms with E-state index >= 15 is 0 Å².